The minimum absolute atomic E-state index is 0.151. The van der Waals surface area contributed by atoms with Gasteiger partial charge < -0.3 is 18.9 Å². The normalized spacial score (nSPS) is 24.1. The number of carbonyl (C=O) groups is 4. The van der Waals surface area contributed by atoms with E-state index in [0.29, 0.717) is 19.3 Å². The highest BCUT2D eigenvalue weighted by molar-refractivity contribution is 5.83. The van der Waals surface area contributed by atoms with Crippen LogP contribution >= 0.6 is 0 Å². The summed E-state index contributed by atoms with van der Waals surface area (Å²) in [5.74, 6) is -1.36. The van der Waals surface area contributed by atoms with Crippen molar-refractivity contribution in [3.05, 3.63) is 0 Å². The first-order valence-electron chi connectivity index (χ1n) is 11.2. The van der Waals surface area contributed by atoms with Gasteiger partial charge in [-0.2, -0.15) is 0 Å². The number of carbonyl (C=O) groups excluding carboxylic acids is 4. The molecule has 8 nitrogen and oxygen atoms in total. The van der Waals surface area contributed by atoms with Crippen molar-refractivity contribution in [1.29, 1.82) is 0 Å². The van der Waals surface area contributed by atoms with Crippen LogP contribution in [0.15, 0.2) is 0 Å². The van der Waals surface area contributed by atoms with E-state index in [2.05, 4.69) is 0 Å². The minimum Gasteiger partial charge on any atom is -0.457 e. The molecule has 2 fully saturated rings. The monoisotopic (exact) mass is 456 g/mol. The molecule has 0 saturated carbocycles. The molecule has 184 valence electrons. The van der Waals surface area contributed by atoms with Crippen molar-refractivity contribution in [1.82, 2.24) is 0 Å². The largest absolute Gasteiger partial charge is 0.457 e. The molecule has 0 aromatic heterocycles. The Hall–Kier alpha value is -2.12. The van der Waals surface area contributed by atoms with Crippen LogP contribution in [0.2, 0.25) is 0 Å². The van der Waals surface area contributed by atoms with Gasteiger partial charge >= 0.3 is 23.9 Å². The predicted octanol–water partition coefficient (Wildman–Crippen LogP) is 4.12. The zero-order valence-electron chi connectivity index (χ0n) is 21.2. The molecule has 0 amide bonds. The van der Waals surface area contributed by atoms with Crippen LogP contribution in [0.3, 0.4) is 0 Å². The Morgan fingerprint density at radius 1 is 0.906 bits per heavy atom. The molecular formula is C24H40O8. The van der Waals surface area contributed by atoms with E-state index in [1.807, 2.05) is 41.5 Å². The molecule has 2 aliphatic rings. The number of cyclic esters (lactones) is 2. The lowest BCUT2D eigenvalue weighted by atomic mass is 9.90. The summed E-state index contributed by atoms with van der Waals surface area (Å²) in [4.78, 5) is 46.2. The van der Waals surface area contributed by atoms with Crippen molar-refractivity contribution in [3.8, 4) is 0 Å². The second-order valence-electron chi connectivity index (χ2n) is 10.9. The second kappa shape index (κ2) is 9.79. The maximum absolute atomic E-state index is 11.9. The average Bonchev–Trinajstić information content (AvgIpc) is 3.06. The van der Waals surface area contributed by atoms with E-state index in [-0.39, 0.29) is 24.3 Å². The molecule has 0 bridgehead atoms. The second-order valence-corrected chi connectivity index (χ2v) is 10.9. The molecule has 2 heterocycles. The highest BCUT2D eigenvalue weighted by atomic mass is 16.6. The third kappa shape index (κ3) is 7.20. The fourth-order valence-electron chi connectivity index (χ4n) is 2.85. The summed E-state index contributed by atoms with van der Waals surface area (Å²) in [7, 11) is 0. The Bertz CT molecular complexity index is 732. The van der Waals surface area contributed by atoms with Crippen LogP contribution in [0, 0.1) is 10.8 Å². The van der Waals surface area contributed by atoms with Gasteiger partial charge in [0.2, 0.25) is 6.10 Å². The lowest BCUT2D eigenvalue weighted by Gasteiger charge is -2.28. The van der Waals surface area contributed by atoms with Gasteiger partial charge in [-0.15, -0.1) is 0 Å². The highest BCUT2D eigenvalue weighted by Crippen LogP contribution is 2.32. The van der Waals surface area contributed by atoms with Gasteiger partial charge in [-0.25, -0.2) is 4.79 Å². The molecule has 0 spiro atoms. The Morgan fingerprint density at radius 3 is 1.72 bits per heavy atom. The van der Waals surface area contributed by atoms with Gasteiger partial charge in [-0.3, -0.25) is 14.4 Å². The number of hydrogen-bond acceptors (Lipinski definition) is 8. The Balaban J connectivity index is 0.000000320. The van der Waals surface area contributed by atoms with E-state index in [1.165, 1.54) is 0 Å². The Kier molecular flexibility index (Phi) is 8.54. The fourth-order valence-corrected chi connectivity index (χ4v) is 2.85. The van der Waals surface area contributed by atoms with Gasteiger partial charge in [0.1, 0.15) is 11.2 Å². The van der Waals surface area contributed by atoms with Crippen molar-refractivity contribution in [2.75, 3.05) is 0 Å². The van der Waals surface area contributed by atoms with Gasteiger partial charge in [-0.05, 0) is 68.2 Å². The first-order chi connectivity index (χ1) is 14.4. The minimum atomic E-state index is -0.742. The Labute approximate surface area is 191 Å². The number of rotatable bonds is 6. The van der Waals surface area contributed by atoms with Gasteiger partial charge in [0, 0.05) is 6.42 Å². The van der Waals surface area contributed by atoms with Crippen molar-refractivity contribution >= 4 is 23.9 Å². The lowest BCUT2D eigenvalue weighted by Crippen LogP contribution is -2.39. The maximum atomic E-state index is 11.9. The Morgan fingerprint density at radius 2 is 1.38 bits per heavy atom. The van der Waals surface area contributed by atoms with E-state index in [0.717, 1.165) is 0 Å². The van der Waals surface area contributed by atoms with Gasteiger partial charge in [0.25, 0.3) is 0 Å². The molecule has 2 saturated heterocycles. The summed E-state index contributed by atoms with van der Waals surface area (Å²) in [5, 5.41) is 0. The molecule has 2 atom stereocenters. The summed E-state index contributed by atoms with van der Waals surface area (Å²) < 4.78 is 20.8. The van der Waals surface area contributed by atoms with Crippen LogP contribution in [0.25, 0.3) is 0 Å². The summed E-state index contributed by atoms with van der Waals surface area (Å²) in [6.07, 6.45) is 0.743. The summed E-state index contributed by atoms with van der Waals surface area (Å²) in [6, 6.07) is 0. The third-order valence-electron chi connectivity index (χ3n) is 6.19. The maximum Gasteiger partial charge on any atom is 0.348 e. The van der Waals surface area contributed by atoms with Crippen LogP contribution in [-0.2, 0) is 38.1 Å². The van der Waals surface area contributed by atoms with E-state index in [4.69, 9.17) is 18.9 Å². The summed E-state index contributed by atoms with van der Waals surface area (Å²) in [5.41, 5.74) is -2.30. The van der Waals surface area contributed by atoms with Gasteiger partial charge in [-0.1, -0.05) is 13.8 Å². The molecule has 0 aromatic carbocycles. The van der Waals surface area contributed by atoms with Crippen molar-refractivity contribution in [2.24, 2.45) is 10.8 Å². The first-order valence-corrected chi connectivity index (χ1v) is 11.2. The fraction of sp³-hybridized carbons (Fsp3) is 0.833. The van der Waals surface area contributed by atoms with Crippen LogP contribution in [0.1, 0.15) is 94.9 Å². The SMILES string of the molecule is CCC(C)(C)C(=O)OC1CC(=O)OC1(C)C.CCC(C)(C)C(=O)OC1CC(C)(C)OC1=O. The van der Waals surface area contributed by atoms with Gasteiger partial charge in [0.05, 0.1) is 17.3 Å². The zero-order valence-corrected chi connectivity index (χ0v) is 21.2. The van der Waals surface area contributed by atoms with Crippen molar-refractivity contribution in [3.63, 3.8) is 0 Å². The highest BCUT2D eigenvalue weighted by Gasteiger charge is 2.46. The molecular weight excluding hydrogens is 416 g/mol. The molecule has 0 aromatic rings. The first kappa shape index (κ1) is 27.9. The van der Waals surface area contributed by atoms with Crippen LogP contribution in [0.4, 0.5) is 0 Å². The zero-order chi connectivity index (χ0) is 25.1. The van der Waals surface area contributed by atoms with E-state index in [9.17, 15) is 19.2 Å². The van der Waals surface area contributed by atoms with E-state index < -0.39 is 40.2 Å². The average molecular weight is 457 g/mol. The van der Waals surface area contributed by atoms with Crippen molar-refractivity contribution < 1.29 is 38.1 Å². The number of hydrogen-bond donors (Lipinski definition) is 0. The summed E-state index contributed by atoms with van der Waals surface area (Å²) in [6.45, 7) is 18.3. The van der Waals surface area contributed by atoms with Crippen LogP contribution < -0.4 is 0 Å². The predicted molar refractivity (Wildman–Crippen MR) is 117 cm³/mol. The number of ether oxygens (including phenoxy) is 4. The molecule has 2 rings (SSSR count). The van der Waals surface area contributed by atoms with Gasteiger partial charge in [0.15, 0.2) is 6.10 Å². The molecule has 0 aliphatic carbocycles. The van der Waals surface area contributed by atoms with E-state index >= 15 is 0 Å². The van der Waals surface area contributed by atoms with Crippen LogP contribution in [0.5, 0.6) is 0 Å². The van der Waals surface area contributed by atoms with Crippen LogP contribution in [-0.4, -0.2) is 47.3 Å². The molecule has 0 radical (unpaired) electrons. The quantitative estimate of drug-likeness (QED) is 0.434. The van der Waals surface area contributed by atoms with E-state index in [1.54, 1.807) is 27.7 Å². The molecule has 2 unspecified atom stereocenters. The van der Waals surface area contributed by atoms with Crippen molar-refractivity contribution in [2.45, 2.75) is 118 Å². The lowest BCUT2D eigenvalue weighted by molar-refractivity contribution is -0.168. The smallest absolute Gasteiger partial charge is 0.348 e. The molecule has 2 aliphatic heterocycles. The standard InChI is InChI=1S/2C12H20O4/c1-6-11(2,3)10(14)15-8-7-12(4,5)16-9(8)13;1-6-11(2,3)10(14)15-8-7-9(13)16-12(8,4)5/h2*8H,6-7H2,1-5H3. The summed E-state index contributed by atoms with van der Waals surface area (Å²) >= 11 is 0. The molecule has 0 N–H and O–H groups in total. The number of esters is 4. The molecule has 32 heavy (non-hydrogen) atoms. The molecule has 8 heteroatoms. The third-order valence-corrected chi connectivity index (χ3v) is 6.19. The topological polar surface area (TPSA) is 105 Å².